The van der Waals surface area contributed by atoms with Crippen molar-refractivity contribution in [3.8, 4) is 11.5 Å². The van der Waals surface area contributed by atoms with Crippen LogP contribution in [0, 0.1) is 10.1 Å². The van der Waals surface area contributed by atoms with Crippen molar-refractivity contribution < 1.29 is 24.3 Å². The molecular formula is C18H19N3O6. The zero-order valence-electron chi connectivity index (χ0n) is 14.8. The van der Waals surface area contributed by atoms with Gasteiger partial charge in [-0.2, -0.15) is 0 Å². The number of nitrogens with two attached hydrogens (primary N) is 1. The molecule has 0 spiro atoms. The minimum Gasteiger partial charge on any atom is -0.496 e. The third-order valence-electron chi connectivity index (χ3n) is 4.59. The predicted molar refractivity (Wildman–Crippen MR) is 97.2 cm³/mol. The molecule has 0 bridgehead atoms. The van der Waals surface area contributed by atoms with Gasteiger partial charge < -0.3 is 25.2 Å². The summed E-state index contributed by atoms with van der Waals surface area (Å²) in [5.41, 5.74) is 6.57. The topological polar surface area (TPSA) is 128 Å². The maximum Gasteiger partial charge on any atom is 0.293 e. The maximum atomic E-state index is 11.5. The van der Waals surface area contributed by atoms with Gasteiger partial charge in [0.25, 0.3) is 5.69 Å². The summed E-state index contributed by atoms with van der Waals surface area (Å²) in [6.45, 7) is 0.386. The van der Waals surface area contributed by atoms with Gasteiger partial charge in [0, 0.05) is 35.8 Å². The second-order valence-electron chi connectivity index (χ2n) is 6.08. The number of ether oxygens (including phenoxy) is 2. The Morgan fingerprint density at radius 2 is 1.93 bits per heavy atom. The van der Waals surface area contributed by atoms with Crippen LogP contribution >= 0.6 is 0 Å². The minimum atomic E-state index is -0.936. The largest absolute Gasteiger partial charge is 0.496 e. The van der Waals surface area contributed by atoms with Crippen LogP contribution in [0.2, 0.25) is 0 Å². The fourth-order valence-electron chi connectivity index (χ4n) is 3.35. The SMILES string of the molecule is COc1ccc(OC)c2c1CN(c1ccc(C(N)=O)cc1[N+](=O)[O-])C[C@H]2O. The van der Waals surface area contributed by atoms with Gasteiger partial charge in [0.1, 0.15) is 23.3 Å². The number of β-amino-alcohol motifs (C(OH)–C–C–N with tert-alkyl or cyclic N) is 1. The summed E-state index contributed by atoms with van der Waals surface area (Å²) in [5.74, 6) is 0.322. The van der Waals surface area contributed by atoms with E-state index in [-0.39, 0.29) is 30.0 Å². The van der Waals surface area contributed by atoms with Crippen LogP contribution < -0.4 is 20.1 Å². The number of aliphatic hydroxyl groups is 1. The lowest BCUT2D eigenvalue weighted by Crippen LogP contribution is -2.34. The standard InChI is InChI=1S/C18H19N3O6/c1-26-15-5-6-16(27-2)17-11(15)8-20(9-14(17)22)12-4-3-10(18(19)23)7-13(12)21(24)25/h3-7,14,22H,8-9H2,1-2H3,(H2,19,23)/t14-/m1/s1. The average molecular weight is 373 g/mol. The molecule has 27 heavy (non-hydrogen) atoms. The molecule has 1 heterocycles. The molecule has 1 atom stereocenters. The van der Waals surface area contributed by atoms with Gasteiger partial charge in [0.2, 0.25) is 5.91 Å². The molecule has 2 aromatic carbocycles. The highest BCUT2D eigenvalue weighted by atomic mass is 16.6. The number of fused-ring (bicyclic) bond motifs is 1. The number of amides is 1. The summed E-state index contributed by atoms with van der Waals surface area (Å²) in [7, 11) is 3.02. The highest BCUT2D eigenvalue weighted by Crippen LogP contribution is 2.42. The Balaban J connectivity index is 2.09. The number of hydrogen-bond acceptors (Lipinski definition) is 7. The van der Waals surface area contributed by atoms with Gasteiger partial charge in [0.15, 0.2) is 0 Å². The summed E-state index contributed by atoms with van der Waals surface area (Å²) in [5, 5.41) is 22.2. The number of anilines is 1. The van der Waals surface area contributed by atoms with Crippen molar-refractivity contribution in [3.63, 3.8) is 0 Å². The second kappa shape index (κ2) is 7.12. The van der Waals surface area contributed by atoms with Gasteiger partial charge in [-0.25, -0.2) is 0 Å². The molecule has 0 fully saturated rings. The van der Waals surface area contributed by atoms with Crippen LogP contribution in [-0.4, -0.2) is 36.7 Å². The van der Waals surface area contributed by atoms with Crippen molar-refractivity contribution in [2.75, 3.05) is 25.7 Å². The first-order valence-electron chi connectivity index (χ1n) is 8.12. The number of methoxy groups -OCH3 is 2. The van der Waals surface area contributed by atoms with Crippen molar-refractivity contribution in [1.29, 1.82) is 0 Å². The molecule has 3 N–H and O–H groups in total. The fraction of sp³-hybridized carbons (Fsp3) is 0.278. The third-order valence-corrected chi connectivity index (χ3v) is 4.59. The zero-order valence-corrected chi connectivity index (χ0v) is 14.8. The Kier molecular flexibility index (Phi) is 4.87. The van der Waals surface area contributed by atoms with Crippen molar-refractivity contribution in [2.45, 2.75) is 12.6 Å². The number of carbonyl (C=O) groups is 1. The fourth-order valence-corrected chi connectivity index (χ4v) is 3.35. The van der Waals surface area contributed by atoms with Crippen LogP contribution in [0.25, 0.3) is 0 Å². The number of benzene rings is 2. The summed E-state index contributed by atoms with van der Waals surface area (Å²) < 4.78 is 10.7. The zero-order chi connectivity index (χ0) is 19.7. The molecule has 1 aliphatic heterocycles. The van der Waals surface area contributed by atoms with Crippen molar-refractivity contribution >= 4 is 17.3 Å². The first-order chi connectivity index (χ1) is 12.9. The van der Waals surface area contributed by atoms with Gasteiger partial charge in [-0.3, -0.25) is 14.9 Å². The number of nitro groups is 1. The number of aliphatic hydroxyl groups excluding tert-OH is 1. The normalized spacial score (nSPS) is 15.8. The number of nitrogens with zero attached hydrogens (tertiary/aromatic N) is 2. The predicted octanol–water partition coefficient (Wildman–Crippen LogP) is 1.76. The molecule has 1 aliphatic rings. The van der Waals surface area contributed by atoms with E-state index in [1.165, 1.54) is 26.4 Å². The van der Waals surface area contributed by atoms with Crippen LogP contribution in [0.1, 0.15) is 27.6 Å². The van der Waals surface area contributed by atoms with E-state index in [4.69, 9.17) is 15.2 Å². The van der Waals surface area contributed by atoms with E-state index in [2.05, 4.69) is 0 Å². The van der Waals surface area contributed by atoms with Crippen LogP contribution in [0.5, 0.6) is 11.5 Å². The Morgan fingerprint density at radius 3 is 2.52 bits per heavy atom. The van der Waals surface area contributed by atoms with Crippen molar-refractivity contribution in [1.82, 2.24) is 0 Å². The summed E-state index contributed by atoms with van der Waals surface area (Å²) in [6, 6.07) is 7.46. The molecule has 3 rings (SSSR count). The number of primary amides is 1. The molecule has 142 valence electrons. The average Bonchev–Trinajstić information content (AvgIpc) is 2.66. The molecule has 9 heteroatoms. The smallest absolute Gasteiger partial charge is 0.293 e. The molecule has 0 aromatic heterocycles. The number of hydrogen-bond donors (Lipinski definition) is 2. The highest BCUT2D eigenvalue weighted by Gasteiger charge is 2.32. The monoisotopic (exact) mass is 373 g/mol. The van der Waals surface area contributed by atoms with E-state index in [1.807, 2.05) is 0 Å². The first kappa shape index (κ1) is 18.5. The molecule has 0 saturated heterocycles. The molecule has 0 unspecified atom stereocenters. The van der Waals surface area contributed by atoms with E-state index in [0.29, 0.717) is 22.6 Å². The summed E-state index contributed by atoms with van der Waals surface area (Å²) in [6.07, 6.45) is -0.936. The first-order valence-corrected chi connectivity index (χ1v) is 8.12. The third kappa shape index (κ3) is 3.24. The quantitative estimate of drug-likeness (QED) is 0.603. The minimum absolute atomic E-state index is 0.0441. The van der Waals surface area contributed by atoms with E-state index < -0.39 is 16.9 Å². The number of rotatable bonds is 5. The molecule has 0 radical (unpaired) electrons. The van der Waals surface area contributed by atoms with E-state index in [0.717, 1.165) is 6.07 Å². The Morgan fingerprint density at radius 1 is 1.26 bits per heavy atom. The molecule has 1 amide bonds. The van der Waals surface area contributed by atoms with E-state index in [1.54, 1.807) is 17.0 Å². The Bertz CT molecular complexity index is 914. The van der Waals surface area contributed by atoms with Gasteiger partial charge in [-0.1, -0.05) is 0 Å². The number of nitro benzene ring substituents is 1. The lowest BCUT2D eigenvalue weighted by Gasteiger charge is -2.35. The Hall–Kier alpha value is -3.33. The summed E-state index contributed by atoms with van der Waals surface area (Å²) in [4.78, 5) is 23.9. The maximum absolute atomic E-state index is 11.5. The van der Waals surface area contributed by atoms with Crippen LogP contribution in [-0.2, 0) is 6.54 Å². The Labute approximate surface area is 155 Å². The van der Waals surface area contributed by atoms with Crippen LogP contribution in [0.15, 0.2) is 30.3 Å². The van der Waals surface area contributed by atoms with Crippen molar-refractivity contribution in [2.24, 2.45) is 5.73 Å². The van der Waals surface area contributed by atoms with Crippen LogP contribution in [0.3, 0.4) is 0 Å². The lowest BCUT2D eigenvalue weighted by molar-refractivity contribution is -0.384. The van der Waals surface area contributed by atoms with Crippen molar-refractivity contribution in [3.05, 3.63) is 57.1 Å². The van der Waals surface area contributed by atoms with Gasteiger partial charge >= 0.3 is 0 Å². The number of carbonyl (C=O) groups excluding carboxylic acids is 1. The van der Waals surface area contributed by atoms with Gasteiger partial charge in [-0.05, 0) is 24.3 Å². The van der Waals surface area contributed by atoms with E-state index in [9.17, 15) is 20.0 Å². The molecule has 9 nitrogen and oxygen atoms in total. The molecule has 0 aliphatic carbocycles. The van der Waals surface area contributed by atoms with E-state index >= 15 is 0 Å². The molecular weight excluding hydrogens is 354 g/mol. The van der Waals surface area contributed by atoms with Gasteiger partial charge in [0.05, 0.1) is 19.1 Å². The van der Waals surface area contributed by atoms with Gasteiger partial charge in [-0.15, -0.1) is 0 Å². The second-order valence-corrected chi connectivity index (χ2v) is 6.08. The molecule has 0 saturated carbocycles. The lowest BCUT2D eigenvalue weighted by atomic mass is 9.94. The summed E-state index contributed by atoms with van der Waals surface area (Å²) >= 11 is 0. The highest BCUT2D eigenvalue weighted by molar-refractivity contribution is 5.94. The molecule has 2 aromatic rings. The van der Waals surface area contributed by atoms with Crippen LogP contribution in [0.4, 0.5) is 11.4 Å².